The van der Waals surface area contributed by atoms with Crippen LogP contribution in [0.3, 0.4) is 0 Å². The smallest absolute Gasteiger partial charge is 0.319 e. The lowest BCUT2D eigenvalue weighted by atomic mass is 10.0. The van der Waals surface area contributed by atoms with Gasteiger partial charge in [-0.25, -0.2) is 4.79 Å². The van der Waals surface area contributed by atoms with Gasteiger partial charge >= 0.3 is 6.03 Å². The average Bonchev–Trinajstić information content (AvgIpc) is 2.98. The van der Waals surface area contributed by atoms with Crippen molar-refractivity contribution in [1.29, 1.82) is 0 Å². The molecule has 0 saturated heterocycles. The number of rotatable bonds is 4. The van der Waals surface area contributed by atoms with E-state index in [2.05, 4.69) is 10.6 Å². The quantitative estimate of drug-likeness (QED) is 0.666. The molecule has 0 saturated carbocycles. The van der Waals surface area contributed by atoms with E-state index >= 15 is 0 Å². The highest BCUT2D eigenvalue weighted by Gasteiger charge is 2.28. The standard InChI is InChI=1S/C18H17ClN2O3/c1-18(23,16-9-12-5-2-3-8-15(12)24-16)11-20-17(22)21-14-7-4-6-13(19)10-14/h2-10,23H,11H2,1H3,(H2,20,21,22). The molecule has 1 heterocycles. The van der Waals surface area contributed by atoms with Crippen LogP contribution in [0.25, 0.3) is 11.0 Å². The molecule has 0 fully saturated rings. The number of anilines is 1. The minimum Gasteiger partial charge on any atom is -0.458 e. The lowest BCUT2D eigenvalue weighted by Crippen LogP contribution is -2.40. The van der Waals surface area contributed by atoms with E-state index < -0.39 is 11.6 Å². The van der Waals surface area contributed by atoms with Crippen molar-refractivity contribution < 1.29 is 14.3 Å². The predicted octanol–water partition coefficient (Wildman–Crippen LogP) is 4.12. The number of fused-ring (bicyclic) bond motifs is 1. The number of amides is 2. The number of furan rings is 1. The maximum absolute atomic E-state index is 12.0. The molecule has 0 radical (unpaired) electrons. The summed E-state index contributed by atoms with van der Waals surface area (Å²) in [5, 5.41) is 17.3. The van der Waals surface area contributed by atoms with Gasteiger partial charge in [-0.15, -0.1) is 0 Å². The largest absolute Gasteiger partial charge is 0.458 e. The van der Waals surface area contributed by atoms with Crippen LogP contribution in [0.2, 0.25) is 5.02 Å². The zero-order valence-corrected chi connectivity index (χ0v) is 13.8. The van der Waals surface area contributed by atoms with Gasteiger partial charge < -0.3 is 20.2 Å². The van der Waals surface area contributed by atoms with E-state index in [1.165, 1.54) is 0 Å². The summed E-state index contributed by atoms with van der Waals surface area (Å²) in [6.45, 7) is 1.59. The molecule has 5 nitrogen and oxygen atoms in total. The third-order valence-electron chi connectivity index (χ3n) is 3.63. The van der Waals surface area contributed by atoms with Gasteiger partial charge in [0.1, 0.15) is 16.9 Å². The Bertz CT molecular complexity index is 840. The second-order valence-electron chi connectivity index (χ2n) is 5.74. The molecule has 1 unspecified atom stereocenters. The summed E-state index contributed by atoms with van der Waals surface area (Å²) in [6.07, 6.45) is 0. The van der Waals surface area contributed by atoms with Crippen LogP contribution in [0.15, 0.2) is 59.0 Å². The maximum Gasteiger partial charge on any atom is 0.319 e. The van der Waals surface area contributed by atoms with Crippen LogP contribution >= 0.6 is 11.6 Å². The molecule has 0 aliphatic heterocycles. The highest BCUT2D eigenvalue weighted by atomic mass is 35.5. The Morgan fingerprint density at radius 3 is 2.75 bits per heavy atom. The van der Waals surface area contributed by atoms with E-state index in [0.717, 1.165) is 5.39 Å². The van der Waals surface area contributed by atoms with Crippen LogP contribution in [0.4, 0.5) is 10.5 Å². The fraction of sp³-hybridized carbons (Fsp3) is 0.167. The topological polar surface area (TPSA) is 74.5 Å². The zero-order chi connectivity index (χ0) is 17.2. The van der Waals surface area contributed by atoms with E-state index in [9.17, 15) is 9.90 Å². The first-order valence-corrected chi connectivity index (χ1v) is 7.84. The molecule has 1 aromatic heterocycles. The molecule has 2 aromatic carbocycles. The van der Waals surface area contributed by atoms with Crippen LogP contribution in [-0.2, 0) is 5.60 Å². The number of urea groups is 1. The highest BCUT2D eigenvalue weighted by molar-refractivity contribution is 6.30. The number of para-hydroxylation sites is 1. The van der Waals surface area contributed by atoms with Crippen molar-refractivity contribution >= 4 is 34.3 Å². The number of hydrogen-bond acceptors (Lipinski definition) is 3. The molecular weight excluding hydrogens is 328 g/mol. The molecule has 1 atom stereocenters. The van der Waals surface area contributed by atoms with Crippen LogP contribution in [-0.4, -0.2) is 17.7 Å². The van der Waals surface area contributed by atoms with Crippen molar-refractivity contribution in [3.8, 4) is 0 Å². The van der Waals surface area contributed by atoms with Crippen LogP contribution in [0.1, 0.15) is 12.7 Å². The van der Waals surface area contributed by atoms with Gasteiger partial charge in [-0.05, 0) is 37.3 Å². The summed E-state index contributed by atoms with van der Waals surface area (Å²) in [6, 6.07) is 15.6. The van der Waals surface area contributed by atoms with Gasteiger partial charge in [0.2, 0.25) is 0 Å². The predicted molar refractivity (Wildman–Crippen MR) is 94.3 cm³/mol. The second kappa shape index (κ2) is 6.55. The second-order valence-corrected chi connectivity index (χ2v) is 6.18. The van der Waals surface area contributed by atoms with Crippen molar-refractivity contribution in [1.82, 2.24) is 5.32 Å². The minimum atomic E-state index is -1.33. The lowest BCUT2D eigenvalue weighted by molar-refractivity contribution is 0.0388. The Morgan fingerprint density at radius 1 is 1.21 bits per heavy atom. The van der Waals surface area contributed by atoms with E-state index in [0.29, 0.717) is 22.1 Å². The van der Waals surface area contributed by atoms with Crippen molar-refractivity contribution in [2.45, 2.75) is 12.5 Å². The number of carbonyl (C=O) groups is 1. The number of halogens is 1. The van der Waals surface area contributed by atoms with E-state index in [-0.39, 0.29) is 6.54 Å². The van der Waals surface area contributed by atoms with Gasteiger partial charge in [-0.3, -0.25) is 0 Å². The molecule has 124 valence electrons. The van der Waals surface area contributed by atoms with Crippen molar-refractivity contribution in [3.05, 3.63) is 65.4 Å². The fourth-order valence-electron chi connectivity index (χ4n) is 2.33. The monoisotopic (exact) mass is 344 g/mol. The first kappa shape index (κ1) is 16.4. The molecule has 6 heteroatoms. The van der Waals surface area contributed by atoms with Crippen molar-refractivity contribution in [3.63, 3.8) is 0 Å². The molecule has 3 N–H and O–H groups in total. The van der Waals surface area contributed by atoms with E-state index in [1.807, 2.05) is 24.3 Å². The van der Waals surface area contributed by atoms with Gasteiger partial charge in [-0.1, -0.05) is 35.9 Å². The average molecular weight is 345 g/mol. The first-order valence-electron chi connectivity index (χ1n) is 7.46. The third-order valence-corrected chi connectivity index (χ3v) is 3.87. The van der Waals surface area contributed by atoms with Crippen LogP contribution in [0, 0.1) is 0 Å². The first-order chi connectivity index (χ1) is 11.4. The zero-order valence-electron chi connectivity index (χ0n) is 13.0. The van der Waals surface area contributed by atoms with Gasteiger partial charge in [0.15, 0.2) is 0 Å². The number of nitrogens with one attached hydrogen (secondary N) is 2. The Hall–Kier alpha value is -2.50. The highest BCUT2D eigenvalue weighted by Crippen LogP contribution is 2.27. The molecular formula is C18H17ClN2O3. The Morgan fingerprint density at radius 2 is 2.00 bits per heavy atom. The SMILES string of the molecule is CC(O)(CNC(=O)Nc1cccc(Cl)c1)c1cc2ccccc2o1. The minimum absolute atomic E-state index is 0.000773. The summed E-state index contributed by atoms with van der Waals surface area (Å²) in [5.41, 5.74) is -0.0652. The van der Waals surface area contributed by atoms with Gasteiger partial charge in [0.25, 0.3) is 0 Å². The molecule has 3 aromatic rings. The Kier molecular flexibility index (Phi) is 4.46. The summed E-state index contributed by atoms with van der Waals surface area (Å²) >= 11 is 5.87. The van der Waals surface area contributed by atoms with Crippen LogP contribution in [0.5, 0.6) is 0 Å². The van der Waals surface area contributed by atoms with Crippen LogP contribution < -0.4 is 10.6 Å². The number of aliphatic hydroxyl groups is 1. The molecule has 0 aliphatic rings. The van der Waals surface area contributed by atoms with Gasteiger partial charge in [-0.2, -0.15) is 0 Å². The fourth-order valence-corrected chi connectivity index (χ4v) is 2.52. The molecule has 0 bridgehead atoms. The van der Waals surface area contributed by atoms with Gasteiger partial charge in [0, 0.05) is 16.1 Å². The molecule has 0 spiro atoms. The Labute approximate surface area is 144 Å². The van der Waals surface area contributed by atoms with Gasteiger partial charge in [0.05, 0.1) is 6.54 Å². The summed E-state index contributed by atoms with van der Waals surface area (Å²) in [5.74, 6) is 0.395. The third kappa shape index (κ3) is 3.69. The Balaban J connectivity index is 1.64. The lowest BCUT2D eigenvalue weighted by Gasteiger charge is -2.21. The number of benzene rings is 2. The van der Waals surface area contributed by atoms with Crippen molar-refractivity contribution in [2.24, 2.45) is 0 Å². The molecule has 2 amide bonds. The number of carbonyl (C=O) groups excluding carboxylic acids is 1. The van der Waals surface area contributed by atoms with E-state index in [4.69, 9.17) is 16.0 Å². The molecule has 3 rings (SSSR count). The summed E-state index contributed by atoms with van der Waals surface area (Å²) < 4.78 is 5.66. The normalized spacial score (nSPS) is 13.5. The summed E-state index contributed by atoms with van der Waals surface area (Å²) in [7, 11) is 0. The summed E-state index contributed by atoms with van der Waals surface area (Å²) in [4.78, 5) is 12.0. The van der Waals surface area contributed by atoms with Crippen molar-refractivity contribution in [2.75, 3.05) is 11.9 Å². The maximum atomic E-state index is 12.0. The van der Waals surface area contributed by atoms with E-state index in [1.54, 1.807) is 37.3 Å². The molecule has 24 heavy (non-hydrogen) atoms. The molecule has 0 aliphatic carbocycles. The number of hydrogen-bond donors (Lipinski definition) is 3.